The average Bonchev–Trinajstić information content (AvgIpc) is 2.47. The van der Waals surface area contributed by atoms with Crippen LogP contribution in [0.4, 0.5) is 13.6 Å². The van der Waals surface area contributed by atoms with Gasteiger partial charge < -0.3 is 10.1 Å². The molecule has 1 heterocycles. The van der Waals surface area contributed by atoms with Crippen LogP contribution in [0.15, 0.2) is 23.1 Å². The smallest absolute Gasteiger partial charge is 0.407 e. The molecular weight excluding hydrogens is 330 g/mol. The maximum atomic E-state index is 13.8. The minimum Gasteiger partial charge on any atom is -0.450 e. The van der Waals surface area contributed by atoms with Crippen LogP contribution in [0.25, 0.3) is 0 Å². The molecule has 0 bridgehead atoms. The summed E-state index contributed by atoms with van der Waals surface area (Å²) in [6.07, 6.45) is 0.380. The number of carbonyl (C=O) groups excluding carboxylic acids is 1. The fourth-order valence-electron chi connectivity index (χ4n) is 2.48. The van der Waals surface area contributed by atoms with Crippen LogP contribution in [0.1, 0.15) is 19.8 Å². The molecule has 1 N–H and O–H groups in total. The van der Waals surface area contributed by atoms with E-state index in [-0.39, 0.29) is 19.7 Å². The Kier molecular flexibility index (Phi) is 5.53. The molecule has 0 spiro atoms. The van der Waals surface area contributed by atoms with Crippen molar-refractivity contribution < 1.29 is 26.7 Å². The highest BCUT2D eigenvalue weighted by Crippen LogP contribution is 2.25. The van der Waals surface area contributed by atoms with Gasteiger partial charge in [0.2, 0.25) is 10.0 Å². The fraction of sp³-hybridized carbons (Fsp3) is 0.500. The second kappa shape index (κ2) is 7.22. The van der Waals surface area contributed by atoms with Gasteiger partial charge in [-0.05, 0) is 31.9 Å². The van der Waals surface area contributed by atoms with E-state index in [2.05, 4.69) is 5.32 Å². The number of sulfonamides is 1. The first-order valence-electron chi connectivity index (χ1n) is 7.23. The Morgan fingerprint density at radius 2 is 2.04 bits per heavy atom. The van der Waals surface area contributed by atoms with Crippen molar-refractivity contribution in [3.05, 3.63) is 29.8 Å². The van der Waals surface area contributed by atoms with Crippen molar-refractivity contribution in [2.24, 2.45) is 0 Å². The third-order valence-corrected chi connectivity index (χ3v) is 5.42. The van der Waals surface area contributed by atoms with E-state index in [1.807, 2.05) is 0 Å². The zero-order valence-corrected chi connectivity index (χ0v) is 13.4. The Labute approximate surface area is 133 Å². The second-order valence-electron chi connectivity index (χ2n) is 5.12. The monoisotopic (exact) mass is 348 g/mol. The molecule has 1 amide bonds. The number of alkyl carbamates (subject to hydrolysis) is 1. The lowest BCUT2D eigenvalue weighted by atomic mass is 10.1. The van der Waals surface area contributed by atoms with E-state index < -0.39 is 38.7 Å². The zero-order chi connectivity index (χ0) is 17.0. The van der Waals surface area contributed by atoms with Gasteiger partial charge in [0.1, 0.15) is 11.6 Å². The molecule has 0 aliphatic carbocycles. The number of rotatable bonds is 4. The summed E-state index contributed by atoms with van der Waals surface area (Å²) in [7, 11) is -4.31. The second-order valence-corrected chi connectivity index (χ2v) is 6.99. The number of hydrogen-bond acceptors (Lipinski definition) is 4. The van der Waals surface area contributed by atoms with E-state index in [0.29, 0.717) is 12.8 Å². The van der Waals surface area contributed by atoms with E-state index in [1.54, 1.807) is 6.92 Å². The minimum absolute atomic E-state index is 0.0606. The van der Waals surface area contributed by atoms with Crippen molar-refractivity contribution >= 4 is 16.1 Å². The molecule has 1 aliphatic heterocycles. The van der Waals surface area contributed by atoms with Gasteiger partial charge >= 0.3 is 6.09 Å². The number of piperidine rings is 1. The van der Waals surface area contributed by atoms with E-state index in [4.69, 9.17) is 4.74 Å². The lowest BCUT2D eigenvalue weighted by Gasteiger charge is -2.32. The van der Waals surface area contributed by atoms with Crippen molar-refractivity contribution in [3.63, 3.8) is 0 Å². The quantitative estimate of drug-likeness (QED) is 0.901. The van der Waals surface area contributed by atoms with Gasteiger partial charge in [0, 0.05) is 19.1 Å². The first-order valence-corrected chi connectivity index (χ1v) is 8.67. The molecule has 0 radical (unpaired) electrons. The number of halogens is 2. The van der Waals surface area contributed by atoms with Gasteiger partial charge in [-0.15, -0.1) is 0 Å². The van der Waals surface area contributed by atoms with Crippen LogP contribution in [0.2, 0.25) is 0 Å². The van der Waals surface area contributed by atoms with E-state index in [9.17, 15) is 22.0 Å². The average molecular weight is 348 g/mol. The van der Waals surface area contributed by atoms with E-state index >= 15 is 0 Å². The lowest BCUT2D eigenvalue weighted by molar-refractivity contribution is 0.142. The highest BCUT2D eigenvalue weighted by atomic mass is 32.2. The van der Waals surface area contributed by atoms with E-state index in [1.165, 1.54) is 0 Å². The normalized spacial score (nSPS) is 19.3. The molecule has 1 unspecified atom stereocenters. The summed E-state index contributed by atoms with van der Waals surface area (Å²) in [6, 6.07) is 2.43. The maximum Gasteiger partial charge on any atom is 0.407 e. The topological polar surface area (TPSA) is 75.7 Å². The Bertz CT molecular complexity index is 661. The van der Waals surface area contributed by atoms with Crippen molar-refractivity contribution in [2.75, 3.05) is 19.7 Å². The standard InChI is InChI=1S/C14H18F2N2O4S/c1-2-22-14(19)17-10-5-4-8-18(9-10)23(20,21)13-11(15)6-3-7-12(13)16/h3,6-7,10H,2,4-5,8-9H2,1H3,(H,17,19). The van der Waals surface area contributed by atoms with Crippen LogP contribution in [-0.2, 0) is 14.8 Å². The highest BCUT2D eigenvalue weighted by molar-refractivity contribution is 7.89. The molecule has 1 aliphatic rings. The van der Waals surface area contributed by atoms with Crippen LogP contribution in [-0.4, -0.2) is 44.6 Å². The molecule has 9 heteroatoms. The first-order chi connectivity index (χ1) is 10.9. The Hall–Kier alpha value is -1.74. The molecule has 6 nitrogen and oxygen atoms in total. The molecule has 1 saturated heterocycles. The summed E-state index contributed by atoms with van der Waals surface area (Å²) in [5.74, 6) is -2.27. The molecule has 128 valence electrons. The zero-order valence-electron chi connectivity index (χ0n) is 12.6. The first kappa shape index (κ1) is 17.6. The van der Waals surface area contributed by atoms with Crippen LogP contribution >= 0.6 is 0 Å². The number of hydrogen-bond donors (Lipinski definition) is 1. The Morgan fingerprint density at radius 1 is 1.39 bits per heavy atom. The Morgan fingerprint density at radius 3 is 2.65 bits per heavy atom. The molecule has 23 heavy (non-hydrogen) atoms. The van der Waals surface area contributed by atoms with Gasteiger partial charge in [-0.1, -0.05) is 6.07 Å². The van der Waals surface area contributed by atoms with Crippen LogP contribution in [0, 0.1) is 11.6 Å². The van der Waals surface area contributed by atoms with Gasteiger partial charge in [0.05, 0.1) is 6.61 Å². The van der Waals surface area contributed by atoms with Gasteiger partial charge in [-0.25, -0.2) is 22.0 Å². The lowest BCUT2D eigenvalue weighted by Crippen LogP contribution is -2.49. The third kappa shape index (κ3) is 3.97. The van der Waals surface area contributed by atoms with Gasteiger partial charge in [-0.2, -0.15) is 4.31 Å². The summed E-state index contributed by atoms with van der Waals surface area (Å²) in [4.78, 5) is 10.5. The predicted molar refractivity (Wildman–Crippen MR) is 78.3 cm³/mol. The number of benzene rings is 1. The Balaban J connectivity index is 2.18. The largest absolute Gasteiger partial charge is 0.450 e. The molecule has 0 aromatic heterocycles. The summed E-state index contributed by atoms with van der Waals surface area (Å²) in [6.45, 7) is 1.92. The van der Waals surface area contributed by atoms with Crippen molar-refractivity contribution in [3.8, 4) is 0 Å². The van der Waals surface area contributed by atoms with Crippen LogP contribution < -0.4 is 5.32 Å². The van der Waals surface area contributed by atoms with Gasteiger partial charge in [0.15, 0.2) is 4.90 Å². The number of nitrogens with zero attached hydrogens (tertiary/aromatic N) is 1. The number of carbonyl (C=O) groups is 1. The van der Waals surface area contributed by atoms with Crippen LogP contribution in [0.3, 0.4) is 0 Å². The SMILES string of the molecule is CCOC(=O)NC1CCCN(S(=O)(=O)c2c(F)cccc2F)C1. The summed E-state index contributed by atoms with van der Waals surface area (Å²) < 4.78 is 58.3. The highest BCUT2D eigenvalue weighted by Gasteiger charge is 2.34. The third-order valence-electron chi connectivity index (χ3n) is 3.50. The van der Waals surface area contributed by atoms with Crippen molar-refractivity contribution in [1.82, 2.24) is 9.62 Å². The number of nitrogens with one attached hydrogen (secondary N) is 1. The molecule has 1 aromatic carbocycles. The van der Waals surface area contributed by atoms with Crippen molar-refractivity contribution in [2.45, 2.75) is 30.7 Å². The number of ether oxygens (including phenoxy) is 1. The summed E-state index contributed by atoms with van der Waals surface area (Å²) in [5, 5.41) is 2.55. The van der Waals surface area contributed by atoms with Gasteiger partial charge in [-0.3, -0.25) is 0 Å². The fourth-order valence-corrected chi connectivity index (χ4v) is 4.11. The molecule has 1 atom stereocenters. The van der Waals surface area contributed by atoms with Crippen molar-refractivity contribution in [1.29, 1.82) is 0 Å². The summed E-state index contributed by atoms with van der Waals surface area (Å²) in [5.41, 5.74) is 0. The minimum atomic E-state index is -4.31. The van der Waals surface area contributed by atoms with E-state index in [0.717, 1.165) is 22.5 Å². The van der Waals surface area contributed by atoms with Gasteiger partial charge in [0.25, 0.3) is 0 Å². The van der Waals surface area contributed by atoms with Crippen LogP contribution in [0.5, 0.6) is 0 Å². The molecular formula is C14H18F2N2O4S. The predicted octanol–water partition coefficient (Wildman–Crippen LogP) is 1.86. The maximum absolute atomic E-state index is 13.8. The molecule has 1 fully saturated rings. The summed E-state index contributed by atoms with van der Waals surface area (Å²) >= 11 is 0. The molecule has 1 aromatic rings. The number of amides is 1. The molecule has 0 saturated carbocycles. The molecule has 2 rings (SSSR count).